The molecule has 0 radical (unpaired) electrons. The Morgan fingerprint density at radius 3 is 1.56 bits per heavy atom. The molecule has 0 amide bonds. The van der Waals surface area contributed by atoms with Crippen LogP contribution in [-0.2, 0) is 34.1 Å². The van der Waals surface area contributed by atoms with E-state index >= 15 is 0 Å². The number of benzene rings is 1. The Bertz CT molecular complexity index is 453. The second-order valence-electron chi connectivity index (χ2n) is 2.18. The van der Waals surface area contributed by atoms with Crippen LogP contribution in [0.15, 0.2) is 29.2 Å². The Balaban J connectivity index is -0.000000274. The number of primary sulfonamides is 1. The number of nitrogen functional groups attached to an aromatic ring is 1. The van der Waals surface area contributed by atoms with E-state index in [9.17, 15) is 8.42 Å². The molecule has 1 rings (SSSR count). The second kappa shape index (κ2) is 13.9. The average molecular weight is 330 g/mol. The van der Waals surface area contributed by atoms with Gasteiger partial charge in [0.25, 0.3) is 0 Å². The van der Waals surface area contributed by atoms with Gasteiger partial charge in [0.05, 0.1) is 4.90 Å². The zero-order valence-electron chi connectivity index (χ0n) is 8.85. The smallest absolute Gasteiger partial charge is 0.335 e. The third kappa shape index (κ3) is 12.9. The molecule has 7 nitrogen and oxygen atoms in total. The molecule has 0 aliphatic carbocycles. The van der Waals surface area contributed by atoms with Crippen LogP contribution < -0.4 is 10.9 Å². The second-order valence-corrected chi connectivity index (χ2v) is 3.88. The van der Waals surface area contributed by atoms with Crippen LogP contribution in [0.5, 0.6) is 0 Å². The standard InChI is InChI=1S/C6H8N2O2S.CH2S.O2S.OS/c7-5-1-3-6(4-2-5)11(8,9)10;1-2;1-3-2;1-2/h1-4H,7H2,(H2,8,9,10);1H2;;. The Morgan fingerprint density at radius 1 is 1.06 bits per heavy atom. The highest BCUT2D eigenvalue weighted by molar-refractivity contribution is 7.89. The highest BCUT2D eigenvalue weighted by Gasteiger charge is 2.04. The molecule has 0 atom stereocenters. The van der Waals surface area contributed by atoms with E-state index in [1.165, 1.54) is 24.3 Å². The maximum atomic E-state index is 10.7. The SMILES string of the molecule is C=S.Nc1ccc(S(N)(=O)=O)cc1.O=S.O=S=O. The number of thiocarbonyl (C=S) groups is 1. The highest BCUT2D eigenvalue weighted by Crippen LogP contribution is 2.08. The molecular weight excluding hydrogens is 320 g/mol. The van der Waals surface area contributed by atoms with Crippen molar-refractivity contribution in [2.24, 2.45) is 5.14 Å². The van der Waals surface area contributed by atoms with E-state index in [-0.39, 0.29) is 4.90 Å². The first-order valence-electron chi connectivity index (χ1n) is 3.67. The zero-order valence-corrected chi connectivity index (χ0v) is 12.1. The van der Waals surface area contributed by atoms with Crippen LogP contribution in [0.1, 0.15) is 0 Å². The normalized spacial score (nSPS) is 8.06. The summed E-state index contributed by atoms with van der Waals surface area (Å²) < 4.78 is 45.8. The largest absolute Gasteiger partial charge is 0.399 e. The summed E-state index contributed by atoms with van der Waals surface area (Å²) in [6.45, 7) is 0. The molecule has 0 saturated heterocycles. The first-order chi connectivity index (χ1) is 8.41. The molecule has 0 unspecified atom stereocenters. The van der Waals surface area contributed by atoms with Gasteiger partial charge in [-0.15, -0.1) is 0 Å². The van der Waals surface area contributed by atoms with Crippen molar-refractivity contribution >= 4 is 57.9 Å². The zero-order chi connectivity index (χ0) is 15.2. The fourth-order valence-electron chi connectivity index (χ4n) is 0.658. The molecule has 0 saturated carbocycles. The minimum Gasteiger partial charge on any atom is -0.399 e. The maximum absolute atomic E-state index is 10.7. The Kier molecular flexibility index (Phi) is 17.1. The van der Waals surface area contributed by atoms with Crippen LogP contribution in [0.2, 0.25) is 0 Å². The van der Waals surface area contributed by atoms with Gasteiger partial charge in [-0.05, 0) is 30.1 Å². The third-order valence-corrected chi connectivity index (χ3v) is 2.14. The van der Waals surface area contributed by atoms with Crippen molar-refractivity contribution in [2.45, 2.75) is 4.90 Å². The van der Waals surface area contributed by atoms with Gasteiger partial charge < -0.3 is 5.73 Å². The van der Waals surface area contributed by atoms with Crippen molar-refractivity contribution in [3.05, 3.63) is 24.3 Å². The first-order valence-corrected chi connectivity index (χ1v) is 6.80. The fraction of sp³-hybridized carbons (Fsp3) is 0. The van der Waals surface area contributed by atoms with E-state index < -0.39 is 21.6 Å². The summed E-state index contributed by atoms with van der Waals surface area (Å²) in [5.74, 6) is 2.83. The molecule has 18 heavy (non-hydrogen) atoms. The predicted octanol–water partition coefficient (Wildman–Crippen LogP) is -0.474. The number of hydrogen-bond acceptors (Lipinski definition) is 8. The Hall–Kier alpha value is -1.14. The minimum atomic E-state index is -3.58. The lowest BCUT2D eigenvalue weighted by atomic mass is 10.3. The van der Waals surface area contributed by atoms with E-state index in [0.29, 0.717) is 5.69 Å². The molecule has 0 fully saturated rings. The summed E-state index contributed by atoms with van der Waals surface area (Å²) in [6.07, 6.45) is 0. The lowest BCUT2D eigenvalue weighted by Gasteiger charge is -1.96. The molecule has 0 aromatic heterocycles. The third-order valence-electron chi connectivity index (χ3n) is 1.21. The lowest BCUT2D eigenvalue weighted by molar-refractivity contribution is 0.597. The van der Waals surface area contributed by atoms with Gasteiger partial charge in [-0.2, -0.15) is 12.6 Å². The molecule has 1 aromatic rings. The lowest BCUT2D eigenvalue weighted by Crippen LogP contribution is -2.11. The van der Waals surface area contributed by atoms with Crippen molar-refractivity contribution in [3.63, 3.8) is 0 Å². The number of sulfonamides is 1. The van der Waals surface area contributed by atoms with Gasteiger partial charge in [-0.25, -0.2) is 13.6 Å². The van der Waals surface area contributed by atoms with Gasteiger partial charge in [-0.3, -0.25) is 0 Å². The fourth-order valence-corrected chi connectivity index (χ4v) is 1.17. The van der Waals surface area contributed by atoms with E-state index in [4.69, 9.17) is 23.5 Å². The first kappa shape index (κ1) is 22.1. The molecule has 0 aliphatic rings. The minimum absolute atomic E-state index is 0.0756. The Labute approximate surface area is 119 Å². The molecule has 0 bridgehead atoms. The number of hydrogen-bond donors (Lipinski definition) is 2. The van der Waals surface area contributed by atoms with Gasteiger partial charge in [-0.1, -0.05) is 12.2 Å². The monoisotopic (exact) mass is 330 g/mol. The van der Waals surface area contributed by atoms with Crippen molar-refractivity contribution < 1.29 is 21.0 Å². The summed E-state index contributed by atoms with van der Waals surface area (Å²) >= 11 is 5.92. The predicted molar refractivity (Wildman–Crippen MR) is 74.0 cm³/mol. The average Bonchev–Trinajstić information content (AvgIpc) is 2.34. The van der Waals surface area contributed by atoms with Gasteiger partial charge >= 0.3 is 11.6 Å². The molecular formula is C7H10N2O5S4. The van der Waals surface area contributed by atoms with Crippen LogP contribution in [0.3, 0.4) is 0 Å². The maximum Gasteiger partial charge on any atom is 0.335 e. The molecule has 1 aromatic carbocycles. The van der Waals surface area contributed by atoms with Crippen LogP contribution in [-0.4, -0.2) is 26.9 Å². The molecule has 102 valence electrons. The van der Waals surface area contributed by atoms with E-state index in [1.807, 2.05) is 0 Å². The van der Waals surface area contributed by atoms with Crippen LogP contribution in [0.4, 0.5) is 5.69 Å². The summed E-state index contributed by atoms with van der Waals surface area (Å²) in [5.41, 5.74) is 5.85. The topological polar surface area (TPSA) is 137 Å². The van der Waals surface area contributed by atoms with E-state index in [1.54, 1.807) is 0 Å². The van der Waals surface area contributed by atoms with Gasteiger partial charge in [0.15, 0.2) is 12.5 Å². The van der Waals surface area contributed by atoms with Crippen LogP contribution in [0.25, 0.3) is 0 Å². The Morgan fingerprint density at radius 2 is 1.33 bits per heavy atom. The number of nitrogens with two attached hydrogens (primary N) is 2. The molecule has 11 heteroatoms. The number of anilines is 1. The summed E-state index contributed by atoms with van der Waals surface area (Å²) in [7, 11) is -3.58. The summed E-state index contributed by atoms with van der Waals surface area (Å²) in [5, 5.41) is 4.84. The van der Waals surface area contributed by atoms with Crippen LogP contribution >= 0.6 is 12.2 Å². The van der Waals surface area contributed by atoms with Crippen molar-refractivity contribution in [3.8, 4) is 0 Å². The molecule has 4 N–H and O–H groups in total. The summed E-state index contributed by atoms with van der Waals surface area (Å²) in [4.78, 5) is 0.0756. The van der Waals surface area contributed by atoms with E-state index in [0.717, 1.165) is 0 Å². The van der Waals surface area contributed by atoms with Crippen molar-refractivity contribution in [1.29, 1.82) is 0 Å². The van der Waals surface area contributed by atoms with Crippen molar-refractivity contribution in [2.75, 3.05) is 5.73 Å². The van der Waals surface area contributed by atoms with Gasteiger partial charge in [0, 0.05) is 5.69 Å². The highest BCUT2D eigenvalue weighted by atomic mass is 32.2. The molecule has 0 aliphatic heterocycles. The van der Waals surface area contributed by atoms with Crippen LogP contribution in [0, 0.1) is 0 Å². The quantitative estimate of drug-likeness (QED) is 0.520. The summed E-state index contributed by atoms with van der Waals surface area (Å²) in [6, 6.07) is 5.70. The van der Waals surface area contributed by atoms with E-state index in [2.05, 4.69) is 30.6 Å². The molecule has 0 heterocycles. The number of rotatable bonds is 1. The molecule has 0 spiro atoms. The van der Waals surface area contributed by atoms with Gasteiger partial charge in [0.1, 0.15) is 0 Å². The van der Waals surface area contributed by atoms with Gasteiger partial charge in [0.2, 0.25) is 10.0 Å². The van der Waals surface area contributed by atoms with Crippen molar-refractivity contribution in [1.82, 2.24) is 0 Å².